The molecule has 0 aromatic carbocycles. The number of carbonyl (C=O) groups excluding carboxylic acids is 1. The van der Waals surface area contributed by atoms with Gasteiger partial charge in [0.1, 0.15) is 0 Å². The van der Waals surface area contributed by atoms with E-state index < -0.39 is 0 Å². The predicted octanol–water partition coefficient (Wildman–Crippen LogP) is 1.26. The minimum Gasteiger partial charge on any atom is -0.343 e. The van der Waals surface area contributed by atoms with Crippen LogP contribution in [0.3, 0.4) is 0 Å². The van der Waals surface area contributed by atoms with Crippen LogP contribution in [0.15, 0.2) is 0 Å². The molecule has 1 aliphatic rings. The van der Waals surface area contributed by atoms with Crippen molar-refractivity contribution < 1.29 is 4.79 Å². The first-order chi connectivity index (χ1) is 4.70. The maximum Gasteiger partial charge on any atom is 0.219 e. The zero-order valence-corrected chi connectivity index (χ0v) is 6.76. The largest absolute Gasteiger partial charge is 0.343 e. The van der Waals surface area contributed by atoms with E-state index in [9.17, 15) is 4.79 Å². The Balaban J connectivity index is 2.39. The standard InChI is InChI=1S/C8H15NO/c1-7-4-3-5-9(6-7)8(2)10/h7H,3-6H2,1-2H3/t7-/m0/s1. The lowest BCUT2D eigenvalue weighted by atomic mass is 10.0. The molecule has 2 nitrogen and oxygen atoms in total. The predicted molar refractivity (Wildman–Crippen MR) is 40.7 cm³/mol. The summed E-state index contributed by atoms with van der Waals surface area (Å²) in [6, 6.07) is 0. The monoisotopic (exact) mass is 141 g/mol. The molecule has 10 heavy (non-hydrogen) atoms. The average Bonchev–Trinajstić information content (AvgIpc) is 1.88. The fourth-order valence-corrected chi connectivity index (χ4v) is 1.48. The Labute approximate surface area is 62.2 Å². The minimum atomic E-state index is 0.228. The van der Waals surface area contributed by atoms with Gasteiger partial charge in [0, 0.05) is 20.0 Å². The van der Waals surface area contributed by atoms with Crippen LogP contribution in [0.5, 0.6) is 0 Å². The third kappa shape index (κ3) is 1.72. The molecule has 0 aliphatic carbocycles. The van der Waals surface area contributed by atoms with Crippen molar-refractivity contribution in [2.45, 2.75) is 26.7 Å². The Hall–Kier alpha value is -0.530. The van der Waals surface area contributed by atoms with E-state index in [1.807, 2.05) is 4.90 Å². The molecule has 0 aromatic rings. The lowest BCUT2D eigenvalue weighted by Gasteiger charge is -2.29. The number of hydrogen-bond acceptors (Lipinski definition) is 1. The van der Waals surface area contributed by atoms with E-state index in [1.54, 1.807) is 6.92 Å². The number of rotatable bonds is 0. The Kier molecular flexibility index (Phi) is 2.30. The smallest absolute Gasteiger partial charge is 0.219 e. The van der Waals surface area contributed by atoms with Crippen LogP contribution >= 0.6 is 0 Å². The van der Waals surface area contributed by atoms with E-state index >= 15 is 0 Å². The van der Waals surface area contributed by atoms with Crippen LogP contribution < -0.4 is 0 Å². The summed E-state index contributed by atoms with van der Waals surface area (Å²) in [6.07, 6.45) is 2.46. The van der Waals surface area contributed by atoms with Gasteiger partial charge < -0.3 is 4.90 Å². The summed E-state index contributed by atoms with van der Waals surface area (Å²) in [5.41, 5.74) is 0. The second-order valence-corrected chi connectivity index (χ2v) is 3.21. The van der Waals surface area contributed by atoms with Gasteiger partial charge in [-0.25, -0.2) is 0 Å². The van der Waals surface area contributed by atoms with Gasteiger partial charge in [0.25, 0.3) is 0 Å². The van der Waals surface area contributed by atoms with E-state index in [1.165, 1.54) is 12.8 Å². The molecule has 1 heterocycles. The summed E-state index contributed by atoms with van der Waals surface area (Å²) < 4.78 is 0. The van der Waals surface area contributed by atoms with E-state index in [0.717, 1.165) is 13.1 Å². The molecule has 1 rings (SSSR count). The van der Waals surface area contributed by atoms with Crippen LogP contribution in [0.4, 0.5) is 0 Å². The number of likely N-dealkylation sites (tertiary alicyclic amines) is 1. The van der Waals surface area contributed by atoms with Crippen molar-refractivity contribution in [2.24, 2.45) is 5.92 Å². The maximum absolute atomic E-state index is 10.9. The van der Waals surface area contributed by atoms with Gasteiger partial charge in [-0.2, -0.15) is 0 Å². The summed E-state index contributed by atoms with van der Waals surface area (Å²) in [6.45, 7) is 5.79. The number of hydrogen-bond donors (Lipinski definition) is 0. The van der Waals surface area contributed by atoms with Gasteiger partial charge >= 0.3 is 0 Å². The average molecular weight is 141 g/mol. The molecule has 0 saturated carbocycles. The number of carbonyl (C=O) groups is 1. The van der Waals surface area contributed by atoms with E-state index in [0.29, 0.717) is 5.92 Å². The third-order valence-corrected chi connectivity index (χ3v) is 2.10. The molecule has 1 aliphatic heterocycles. The second-order valence-electron chi connectivity index (χ2n) is 3.21. The molecular formula is C8H15NO. The Morgan fingerprint density at radius 1 is 1.60 bits per heavy atom. The Morgan fingerprint density at radius 2 is 2.30 bits per heavy atom. The number of piperidine rings is 1. The van der Waals surface area contributed by atoms with Gasteiger partial charge in [-0.3, -0.25) is 4.79 Å². The van der Waals surface area contributed by atoms with Gasteiger partial charge in [-0.15, -0.1) is 0 Å². The second kappa shape index (κ2) is 3.04. The Morgan fingerprint density at radius 3 is 2.70 bits per heavy atom. The quantitative estimate of drug-likeness (QED) is 0.497. The summed E-state index contributed by atoms with van der Waals surface area (Å²) in [4.78, 5) is 12.8. The third-order valence-electron chi connectivity index (χ3n) is 2.10. The SMILES string of the molecule is CC(=O)N1CCC[C@H](C)C1. The van der Waals surface area contributed by atoms with Crippen LogP contribution in [-0.2, 0) is 4.79 Å². The molecule has 0 bridgehead atoms. The first-order valence-electron chi connectivity index (χ1n) is 3.95. The summed E-state index contributed by atoms with van der Waals surface area (Å²) >= 11 is 0. The normalized spacial score (nSPS) is 26.6. The molecule has 0 spiro atoms. The van der Waals surface area contributed by atoms with Crippen LogP contribution in [-0.4, -0.2) is 23.9 Å². The molecule has 2 heteroatoms. The van der Waals surface area contributed by atoms with Crippen molar-refractivity contribution in [3.05, 3.63) is 0 Å². The molecule has 1 atom stereocenters. The molecule has 58 valence electrons. The highest BCUT2D eigenvalue weighted by Crippen LogP contribution is 2.14. The van der Waals surface area contributed by atoms with Gasteiger partial charge in [-0.1, -0.05) is 6.92 Å². The topological polar surface area (TPSA) is 20.3 Å². The van der Waals surface area contributed by atoms with Gasteiger partial charge in [0.2, 0.25) is 5.91 Å². The Bertz CT molecular complexity index is 133. The zero-order valence-electron chi connectivity index (χ0n) is 6.76. The summed E-state index contributed by atoms with van der Waals surface area (Å²) in [7, 11) is 0. The number of nitrogens with zero attached hydrogens (tertiary/aromatic N) is 1. The summed E-state index contributed by atoms with van der Waals surface area (Å²) in [5.74, 6) is 0.934. The molecule has 0 radical (unpaired) electrons. The van der Waals surface area contributed by atoms with Crippen molar-refractivity contribution in [1.29, 1.82) is 0 Å². The van der Waals surface area contributed by atoms with Gasteiger partial charge in [0.15, 0.2) is 0 Å². The summed E-state index contributed by atoms with van der Waals surface area (Å²) in [5, 5.41) is 0. The number of amides is 1. The first-order valence-corrected chi connectivity index (χ1v) is 3.95. The first kappa shape index (κ1) is 7.58. The highest BCUT2D eigenvalue weighted by Gasteiger charge is 2.17. The van der Waals surface area contributed by atoms with Crippen LogP contribution in [0.2, 0.25) is 0 Å². The van der Waals surface area contributed by atoms with Crippen LogP contribution in [0.25, 0.3) is 0 Å². The molecular weight excluding hydrogens is 126 g/mol. The lowest BCUT2D eigenvalue weighted by molar-refractivity contribution is -0.130. The molecule has 1 fully saturated rings. The highest BCUT2D eigenvalue weighted by atomic mass is 16.2. The van der Waals surface area contributed by atoms with Crippen LogP contribution in [0, 0.1) is 5.92 Å². The van der Waals surface area contributed by atoms with Crippen molar-refractivity contribution in [3.8, 4) is 0 Å². The van der Waals surface area contributed by atoms with Crippen LogP contribution in [0.1, 0.15) is 26.7 Å². The molecule has 1 saturated heterocycles. The van der Waals surface area contributed by atoms with Gasteiger partial charge in [0.05, 0.1) is 0 Å². The van der Waals surface area contributed by atoms with Crippen molar-refractivity contribution >= 4 is 5.91 Å². The highest BCUT2D eigenvalue weighted by molar-refractivity contribution is 5.73. The van der Waals surface area contributed by atoms with E-state index in [-0.39, 0.29) is 5.91 Å². The minimum absolute atomic E-state index is 0.228. The maximum atomic E-state index is 10.9. The van der Waals surface area contributed by atoms with Gasteiger partial charge in [-0.05, 0) is 18.8 Å². The van der Waals surface area contributed by atoms with Crippen molar-refractivity contribution in [3.63, 3.8) is 0 Å². The lowest BCUT2D eigenvalue weighted by Crippen LogP contribution is -2.37. The zero-order chi connectivity index (χ0) is 7.56. The van der Waals surface area contributed by atoms with E-state index in [4.69, 9.17) is 0 Å². The molecule has 0 N–H and O–H groups in total. The fraction of sp³-hybridized carbons (Fsp3) is 0.875. The van der Waals surface area contributed by atoms with E-state index in [2.05, 4.69) is 6.92 Å². The molecule has 0 aromatic heterocycles. The van der Waals surface area contributed by atoms with Crippen molar-refractivity contribution in [1.82, 2.24) is 4.90 Å². The fourth-order valence-electron chi connectivity index (χ4n) is 1.48. The molecule has 0 unspecified atom stereocenters. The van der Waals surface area contributed by atoms with Crippen molar-refractivity contribution in [2.75, 3.05) is 13.1 Å². The molecule has 1 amide bonds.